The van der Waals surface area contributed by atoms with Crippen molar-refractivity contribution in [3.05, 3.63) is 108 Å². The van der Waals surface area contributed by atoms with Crippen LogP contribution in [0.4, 0.5) is 0 Å². The predicted octanol–water partition coefficient (Wildman–Crippen LogP) is 6.15. The molecule has 20 nitrogen and oxygen atoms in total. The lowest BCUT2D eigenvalue weighted by Crippen LogP contribution is -2.55. The van der Waals surface area contributed by atoms with E-state index in [0.29, 0.717) is 24.2 Å². The number of nitrogens with zero attached hydrogens (tertiary/aromatic N) is 8. The van der Waals surface area contributed by atoms with E-state index in [1.54, 1.807) is 25.0 Å². The Bertz CT molecular complexity index is 2490. The van der Waals surface area contributed by atoms with Crippen molar-refractivity contribution in [1.29, 1.82) is 0 Å². The molecule has 1 aliphatic heterocycles. The molecule has 3 heterocycles. The van der Waals surface area contributed by atoms with Crippen molar-refractivity contribution in [2.24, 2.45) is 23.7 Å². The van der Waals surface area contributed by atoms with Gasteiger partial charge in [-0.05, 0) is 85.5 Å². The average Bonchev–Trinajstić information content (AvgIpc) is 4.14. The van der Waals surface area contributed by atoms with Gasteiger partial charge in [-0.1, -0.05) is 104 Å². The van der Waals surface area contributed by atoms with Gasteiger partial charge < -0.3 is 47.7 Å². The molecule has 2 aromatic carbocycles. The number of hydrogen-bond donors (Lipinski definition) is 0. The maximum absolute atomic E-state index is 15.0. The number of ether oxygens (including phenoxy) is 4. The van der Waals surface area contributed by atoms with Crippen LogP contribution in [0.3, 0.4) is 0 Å². The van der Waals surface area contributed by atoms with Crippen LogP contribution < -0.4 is 0 Å². The van der Waals surface area contributed by atoms with Gasteiger partial charge in [-0.15, -0.1) is 0 Å². The third kappa shape index (κ3) is 17.8. The SMILES string of the molecule is CC(C)CC1C(=O)O[C@H](Cc2ccc(Cn3ccnc3)cc2)C(=O)N(C)[C@@H](CC(C)C)C(=O)O[C@H](C)C(=O)N(C)[C@@H](CC(C)C)C(=O)O[C@H](Cc2ccc(Cn3ccnc3)cc2)C(=O)N(C)[C@@H](CC(C)C)C(=O)O[C@H](C)C(=O)N1C. The van der Waals surface area contributed by atoms with Crippen molar-refractivity contribution in [3.63, 3.8) is 0 Å². The topological polar surface area (TPSA) is 222 Å². The second kappa shape index (κ2) is 29.2. The van der Waals surface area contributed by atoms with E-state index < -0.39 is 96.1 Å². The quantitative estimate of drug-likeness (QED) is 0.0907. The zero-order chi connectivity index (χ0) is 59.1. The number of esters is 4. The number of likely N-dealkylation sites (N-methyl/N-ethyl adjacent to an activating group) is 4. The molecule has 1 aliphatic rings. The highest BCUT2D eigenvalue weighted by Gasteiger charge is 2.43. The van der Waals surface area contributed by atoms with Crippen molar-refractivity contribution in [2.75, 3.05) is 28.2 Å². The fraction of sp³-hybridized carbons (Fsp3) is 0.567. The molecule has 80 heavy (non-hydrogen) atoms. The molecule has 0 aliphatic carbocycles. The number of benzene rings is 2. The van der Waals surface area contributed by atoms with Gasteiger partial charge in [-0.25, -0.2) is 29.1 Å². The largest absolute Gasteiger partial charge is 0.451 e. The number of imidazole rings is 2. The number of rotatable bonds is 16. The predicted molar refractivity (Wildman–Crippen MR) is 298 cm³/mol. The molecule has 2 aromatic heterocycles. The molecule has 5 rings (SSSR count). The van der Waals surface area contributed by atoms with E-state index in [0.717, 1.165) is 30.7 Å². The highest BCUT2D eigenvalue weighted by atomic mass is 16.6. The standard InChI is InChI=1S/C60H84N8O12/c1-37(2)27-47-57(73)77-41(9)53(69)63(11)50(30-40(7)8)60(76)80-52(32-44-17-21-46(22-18-44)34-68-26-24-62-36-68)56(72)66(14)48(28-38(3)4)58(74)78-42(10)54(70)64(12)49(29-39(5)6)59(75)79-51(55(71)65(47)13)31-43-15-19-45(20-16-43)33-67-25-23-61-35-67/h15-26,35-42,47-52H,27-34H2,1-14H3/t41-,42-,47+,48+,49+,50?,51-,52-/m1/s1. The molecular weight excluding hydrogens is 1020 g/mol. The zero-order valence-corrected chi connectivity index (χ0v) is 49.1. The third-order valence-corrected chi connectivity index (χ3v) is 14.2. The van der Waals surface area contributed by atoms with E-state index in [9.17, 15) is 38.4 Å². The van der Waals surface area contributed by atoms with Crippen LogP contribution >= 0.6 is 0 Å². The van der Waals surface area contributed by atoms with Crippen molar-refractivity contribution >= 4 is 47.5 Å². The Labute approximate surface area is 471 Å². The molecule has 0 bridgehead atoms. The summed E-state index contributed by atoms with van der Waals surface area (Å²) in [5, 5.41) is 0. The summed E-state index contributed by atoms with van der Waals surface area (Å²) in [6, 6.07) is 9.64. The van der Waals surface area contributed by atoms with Crippen molar-refractivity contribution in [3.8, 4) is 0 Å². The molecule has 1 unspecified atom stereocenters. The van der Waals surface area contributed by atoms with Crippen LogP contribution in [0, 0.1) is 23.7 Å². The Morgan fingerprint density at radius 2 is 0.662 bits per heavy atom. The maximum Gasteiger partial charge on any atom is 0.329 e. The third-order valence-electron chi connectivity index (χ3n) is 14.2. The minimum Gasteiger partial charge on any atom is -0.451 e. The monoisotopic (exact) mass is 1110 g/mol. The first-order valence-electron chi connectivity index (χ1n) is 27.7. The smallest absolute Gasteiger partial charge is 0.329 e. The van der Waals surface area contributed by atoms with Crippen molar-refractivity contribution in [2.45, 2.75) is 169 Å². The van der Waals surface area contributed by atoms with Crippen LogP contribution in [0.25, 0.3) is 0 Å². The van der Waals surface area contributed by atoms with Crippen LogP contribution in [0.2, 0.25) is 0 Å². The van der Waals surface area contributed by atoms with Gasteiger partial charge >= 0.3 is 23.9 Å². The van der Waals surface area contributed by atoms with Crippen LogP contribution in [0.15, 0.2) is 86.0 Å². The summed E-state index contributed by atoms with van der Waals surface area (Å²) in [6.07, 6.45) is 4.48. The van der Waals surface area contributed by atoms with Gasteiger partial charge in [0.05, 0.1) is 12.7 Å². The summed E-state index contributed by atoms with van der Waals surface area (Å²) in [5.74, 6) is -7.39. The van der Waals surface area contributed by atoms with E-state index in [1.165, 1.54) is 42.0 Å². The highest BCUT2D eigenvalue weighted by molar-refractivity contribution is 5.94. The van der Waals surface area contributed by atoms with Crippen LogP contribution in [0.1, 0.15) is 117 Å². The number of cyclic esters (lactones) is 4. The number of carbonyl (C=O) groups excluding carboxylic acids is 8. The van der Waals surface area contributed by atoms with E-state index in [1.807, 2.05) is 125 Å². The molecule has 436 valence electrons. The molecule has 4 amide bonds. The first kappa shape index (κ1) is 63.5. The summed E-state index contributed by atoms with van der Waals surface area (Å²) in [6.45, 7) is 18.6. The van der Waals surface area contributed by atoms with Crippen LogP contribution in [-0.2, 0) is 83.2 Å². The normalized spacial score (nSPS) is 23.2. The van der Waals surface area contributed by atoms with Gasteiger partial charge in [0.1, 0.15) is 24.2 Å². The van der Waals surface area contributed by atoms with Gasteiger partial charge in [0.15, 0.2) is 24.4 Å². The summed E-state index contributed by atoms with van der Waals surface area (Å²) in [4.78, 5) is 130. The Morgan fingerprint density at radius 3 is 0.925 bits per heavy atom. The molecule has 1 saturated heterocycles. The molecule has 1 fully saturated rings. The van der Waals surface area contributed by atoms with E-state index in [2.05, 4.69) is 9.97 Å². The lowest BCUT2D eigenvalue weighted by atomic mass is 9.99. The van der Waals surface area contributed by atoms with Crippen LogP contribution in [0.5, 0.6) is 0 Å². The Hall–Kier alpha value is -7.38. The van der Waals surface area contributed by atoms with Gasteiger partial charge in [0, 0.05) is 78.9 Å². The van der Waals surface area contributed by atoms with Gasteiger partial charge in [0.25, 0.3) is 23.6 Å². The zero-order valence-electron chi connectivity index (χ0n) is 49.1. The molecule has 20 heteroatoms. The maximum atomic E-state index is 15.0. The minimum absolute atomic E-state index is 0.0861. The second-order valence-electron chi connectivity index (χ2n) is 22.9. The lowest BCUT2D eigenvalue weighted by molar-refractivity contribution is -0.176. The van der Waals surface area contributed by atoms with Gasteiger partial charge in [-0.3, -0.25) is 19.2 Å². The van der Waals surface area contributed by atoms with Gasteiger partial charge in [0.2, 0.25) is 0 Å². The molecule has 0 radical (unpaired) electrons. The molecular formula is C60H84N8O12. The Kier molecular flexibility index (Phi) is 23.2. The summed E-state index contributed by atoms with van der Waals surface area (Å²) in [5.41, 5.74) is 3.12. The van der Waals surface area contributed by atoms with Crippen molar-refractivity contribution < 1.29 is 57.3 Å². The average molecular weight is 1110 g/mol. The summed E-state index contributed by atoms with van der Waals surface area (Å²) >= 11 is 0. The highest BCUT2D eigenvalue weighted by Crippen LogP contribution is 2.25. The van der Waals surface area contributed by atoms with E-state index >= 15 is 0 Å². The molecule has 0 saturated carbocycles. The lowest BCUT2D eigenvalue weighted by Gasteiger charge is -2.35. The first-order valence-corrected chi connectivity index (χ1v) is 27.7. The molecule has 4 aromatic rings. The fourth-order valence-corrected chi connectivity index (χ4v) is 9.65. The Balaban J connectivity index is 1.59. The first-order chi connectivity index (χ1) is 37.7. The van der Waals surface area contributed by atoms with Gasteiger partial charge in [-0.2, -0.15) is 0 Å². The summed E-state index contributed by atoms with van der Waals surface area (Å²) < 4.78 is 28.0. The number of hydrogen-bond acceptors (Lipinski definition) is 14. The number of carbonyl (C=O) groups is 8. The second-order valence-corrected chi connectivity index (χ2v) is 22.9. The summed E-state index contributed by atoms with van der Waals surface area (Å²) in [7, 11) is 5.58. The minimum atomic E-state index is -1.53. The van der Waals surface area contributed by atoms with Crippen LogP contribution in [-0.4, -0.2) is 163 Å². The molecule has 0 N–H and O–H groups in total. The van der Waals surface area contributed by atoms with Crippen molar-refractivity contribution in [1.82, 2.24) is 38.7 Å². The molecule has 8 atom stereocenters. The molecule has 0 spiro atoms. The number of amides is 4. The Morgan fingerprint density at radius 1 is 0.400 bits per heavy atom. The van der Waals surface area contributed by atoms with E-state index in [-0.39, 0.29) is 62.2 Å². The van der Waals surface area contributed by atoms with E-state index in [4.69, 9.17) is 18.9 Å². The fourth-order valence-electron chi connectivity index (χ4n) is 9.65. The number of aromatic nitrogens is 4.